The first-order valence-corrected chi connectivity index (χ1v) is 14.5. The summed E-state index contributed by atoms with van der Waals surface area (Å²) in [6.07, 6.45) is -17.7. The Balaban J connectivity index is 1.48. The van der Waals surface area contributed by atoms with Crippen LogP contribution in [-0.4, -0.2) is 45.8 Å². The summed E-state index contributed by atoms with van der Waals surface area (Å²) in [5.41, 5.74) is -6.45. The highest BCUT2D eigenvalue weighted by atomic mass is 19.4. The van der Waals surface area contributed by atoms with Crippen LogP contribution >= 0.6 is 0 Å². The summed E-state index contributed by atoms with van der Waals surface area (Å²) >= 11 is 0. The normalized spacial score (nSPS) is 16.7. The number of alkyl halides is 9. The predicted octanol–water partition coefficient (Wildman–Crippen LogP) is 7.95. The van der Waals surface area contributed by atoms with Crippen molar-refractivity contribution in [2.75, 3.05) is 11.4 Å². The van der Waals surface area contributed by atoms with E-state index in [0.717, 1.165) is 16.8 Å². The van der Waals surface area contributed by atoms with Gasteiger partial charge < -0.3 is 14.7 Å². The number of benzene rings is 3. The molecule has 0 bridgehead atoms. The topological polar surface area (TPSA) is 67.6 Å². The Morgan fingerprint density at radius 3 is 2.08 bits per heavy atom. The van der Waals surface area contributed by atoms with Crippen molar-refractivity contribution in [3.05, 3.63) is 101 Å². The number of hydrogen-bond donors (Lipinski definition) is 1. The van der Waals surface area contributed by atoms with Crippen LogP contribution in [0.15, 0.2) is 78.9 Å². The molecule has 0 saturated carbocycles. The molecule has 3 aromatic carbocycles. The minimum atomic E-state index is -6.09. The largest absolute Gasteiger partial charge is 0.489 e. The molecule has 1 amide bonds. The zero-order chi connectivity index (χ0) is 35.2. The van der Waals surface area contributed by atoms with Crippen LogP contribution in [0.25, 0.3) is 11.3 Å². The molecule has 2 atom stereocenters. The number of aromatic nitrogens is 2. The first kappa shape index (κ1) is 34.8. The number of ether oxygens (including phenoxy) is 1. The fourth-order valence-electron chi connectivity index (χ4n) is 5.67. The Morgan fingerprint density at radius 1 is 0.896 bits per heavy atom. The van der Waals surface area contributed by atoms with Crippen LogP contribution in [0, 0.1) is 0 Å². The lowest BCUT2D eigenvalue weighted by Gasteiger charge is -2.34. The lowest BCUT2D eigenvalue weighted by molar-refractivity contribution is -0.376. The number of amides is 1. The van der Waals surface area contributed by atoms with Crippen LogP contribution in [0.1, 0.15) is 41.6 Å². The van der Waals surface area contributed by atoms with Gasteiger partial charge in [-0.25, -0.2) is 0 Å². The highest BCUT2D eigenvalue weighted by molar-refractivity contribution is 5.98. The second-order valence-electron chi connectivity index (χ2n) is 11.5. The fourth-order valence-corrected chi connectivity index (χ4v) is 5.67. The minimum absolute atomic E-state index is 0.0360. The van der Waals surface area contributed by atoms with Gasteiger partial charge in [0.05, 0.1) is 18.2 Å². The predicted molar refractivity (Wildman–Crippen MR) is 156 cm³/mol. The van der Waals surface area contributed by atoms with Gasteiger partial charge in [-0.05, 0) is 67.3 Å². The van der Waals surface area contributed by atoms with Crippen molar-refractivity contribution in [1.29, 1.82) is 0 Å². The molecule has 0 saturated heterocycles. The molecule has 5 rings (SSSR count). The van der Waals surface area contributed by atoms with E-state index in [2.05, 4.69) is 5.10 Å². The third-order valence-electron chi connectivity index (χ3n) is 8.29. The van der Waals surface area contributed by atoms with Gasteiger partial charge in [0.1, 0.15) is 11.9 Å². The van der Waals surface area contributed by atoms with Crippen LogP contribution in [-0.2, 0) is 30.0 Å². The smallest absolute Gasteiger partial charge is 0.435 e. The molecule has 4 aromatic rings. The summed E-state index contributed by atoms with van der Waals surface area (Å²) < 4.78 is 129. The Morgan fingerprint density at radius 2 is 1.52 bits per heavy atom. The maximum Gasteiger partial charge on any atom is 0.435 e. The zero-order valence-corrected chi connectivity index (χ0v) is 25.3. The van der Waals surface area contributed by atoms with Crippen molar-refractivity contribution < 1.29 is 54.2 Å². The summed E-state index contributed by atoms with van der Waals surface area (Å²) in [6.45, 7) is 1.48. The average molecular weight is 686 g/mol. The fraction of sp³-hybridized carbons (Fsp3) is 0.333. The SMILES string of the molecule is C[C@H](C(=O)N1C[C@@H](Oc2ccc(-c3cc(C(F)(F)F)nn3C)cc2)CCc2cc(C(O)(C(F)(F)F)C(F)(F)F)ccc21)c1ccccc1. The van der Waals surface area contributed by atoms with Gasteiger partial charge in [-0.1, -0.05) is 42.5 Å². The summed E-state index contributed by atoms with van der Waals surface area (Å²) in [7, 11) is 1.36. The quantitative estimate of drug-likeness (QED) is 0.209. The maximum atomic E-state index is 13.9. The first-order valence-electron chi connectivity index (χ1n) is 14.5. The van der Waals surface area contributed by atoms with Crippen molar-refractivity contribution in [2.45, 2.75) is 55.9 Å². The molecule has 1 aliphatic heterocycles. The molecule has 15 heteroatoms. The van der Waals surface area contributed by atoms with Crippen molar-refractivity contribution in [3.63, 3.8) is 0 Å². The van der Waals surface area contributed by atoms with Crippen LogP contribution in [0.4, 0.5) is 45.2 Å². The second-order valence-corrected chi connectivity index (χ2v) is 11.5. The number of carbonyl (C=O) groups excluding carboxylic acids is 1. The van der Waals surface area contributed by atoms with E-state index in [4.69, 9.17) is 4.74 Å². The van der Waals surface area contributed by atoms with Crippen molar-refractivity contribution in [1.82, 2.24) is 9.78 Å². The third-order valence-corrected chi connectivity index (χ3v) is 8.29. The monoisotopic (exact) mass is 685 g/mol. The number of rotatable bonds is 6. The molecule has 0 radical (unpaired) electrons. The molecule has 48 heavy (non-hydrogen) atoms. The van der Waals surface area contributed by atoms with Gasteiger partial charge in [0.15, 0.2) is 5.69 Å². The highest BCUT2D eigenvalue weighted by Gasteiger charge is 2.71. The van der Waals surface area contributed by atoms with Gasteiger partial charge in [-0.2, -0.15) is 44.6 Å². The summed E-state index contributed by atoms with van der Waals surface area (Å²) in [4.78, 5) is 15.1. The van der Waals surface area contributed by atoms with E-state index in [0.29, 0.717) is 23.3 Å². The molecule has 0 unspecified atom stereocenters. The molecule has 1 N–H and O–H groups in total. The van der Waals surface area contributed by atoms with Crippen molar-refractivity contribution in [3.8, 4) is 17.0 Å². The molecule has 2 heterocycles. The molecule has 1 aliphatic rings. The van der Waals surface area contributed by atoms with E-state index < -0.39 is 53.3 Å². The number of carbonyl (C=O) groups is 1. The van der Waals surface area contributed by atoms with Gasteiger partial charge in [0.2, 0.25) is 5.91 Å². The van der Waals surface area contributed by atoms with Crippen LogP contribution in [0.3, 0.4) is 0 Å². The van der Waals surface area contributed by atoms with Crippen LogP contribution in [0.5, 0.6) is 5.75 Å². The number of hydrogen-bond acceptors (Lipinski definition) is 4. The Labute approximate surface area is 268 Å². The first-order chi connectivity index (χ1) is 22.3. The number of nitrogens with zero attached hydrogens (tertiary/aromatic N) is 3. The molecular formula is C33H28F9N3O3. The van der Waals surface area contributed by atoms with E-state index in [1.807, 2.05) is 0 Å². The number of anilines is 1. The molecule has 0 spiro atoms. The number of aryl methyl sites for hydroxylation is 2. The summed E-state index contributed by atoms with van der Waals surface area (Å²) in [5, 5.41) is 13.5. The van der Waals surface area contributed by atoms with Crippen molar-refractivity contribution in [2.24, 2.45) is 7.05 Å². The van der Waals surface area contributed by atoms with Crippen molar-refractivity contribution >= 4 is 11.6 Å². The molecule has 0 fully saturated rings. The number of fused-ring (bicyclic) bond motifs is 1. The molecule has 256 valence electrons. The van der Waals surface area contributed by atoms with Gasteiger partial charge in [-0.15, -0.1) is 0 Å². The summed E-state index contributed by atoms with van der Waals surface area (Å²) in [5.74, 6) is -1.01. The van der Waals surface area contributed by atoms with E-state index in [-0.39, 0.29) is 42.1 Å². The molecule has 6 nitrogen and oxygen atoms in total. The standard InChI is InChI=1S/C33H28F9N3O3/c1-19(20-6-4-3-5-7-20)29(46)45-18-25(48-24-12-8-21(9-13-24)27-17-28(31(34,35)36)43-44(27)2)14-10-22-16-23(11-15-26(22)45)30(47,32(37,38)39)33(40,41)42/h3-9,11-13,15-17,19,25,47H,10,14,18H2,1-2H3/t19-,25-/m0/s1. The maximum absolute atomic E-state index is 13.9. The van der Waals surface area contributed by atoms with Gasteiger partial charge >= 0.3 is 18.5 Å². The van der Waals surface area contributed by atoms with Gasteiger partial charge in [0.25, 0.3) is 5.60 Å². The van der Waals surface area contributed by atoms with E-state index in [1.165, 1.54) is 36.2 Å². The third kappa shape index (κ3) is 6.60. The minimum Gasteiger partial charge on any atom is -0.489 e. The average Bonchev–Trinajstić information content (AvgIpc) is 3.33. The Kier molecular flexibility index (Phi) is 9.05. The number of halogens is 9. The Bertz CT molecular complexity index is 1750. The van der Waals surface area contributed by atoms with Crippen LogP contribution in [0.2, 0.25) is 0 Å². The van der Waals surface area contributed by atoms with E-state index >= 15 is 0 Å². The Hall–Kier alpha value is -4.53. The molecule has 1 aromatic heterocycles. The lowest BCUT2D eigenvalue weighted by atomic mass is 9.89. The zero-order valence-electron chi connectivity index (χ0n) is 25.3. The van der Waals surface area contributed by atoms with E-state index in [9.17, 15) is 49.4 Å². The molecular weight excluding hydrogens is 657 g/mol. The lowest BCUT2D eigenvalue weighted by Crippen LogP contribution is -2.54. The summed E-state index contributed by atoms with van der Waals surface area (Å²) in [6, 6.07) is 17.5. The van der Waals surface area contributed by atoms with Crippen LogP contribution < -0.4 is 9.64 Å². The number of aliphatic hydroxyl groups is 1. The molecule has 0 aliphatic carbocycles. The second kappa shape index (κ2) is 12.5. The van der Waals surface area contributed by atoms with Gasteiger partial charge in [0, 0.05) is 23.9 Å². The highest BCUT2D eigenvalue weighted by Crippen LogP contribution is 2.51. The van der Waals surface area contributed by atoms with Gasteiger partial charge in [-0.3, -0.25) is 9.48 Å². The van der Waals surface area contributed by atoms with E-state index in [1.54, 1.807) is 37.3 Å².